The van der Waals surface area contributed by atoms with Crippen molar-refractivity contribution in [2.24, 2.45) is 5.41 Å². The summed E-state index contributed by atoms with van der Waals surface area (Å²) >= 11 is 3.48. The second-order valence-electron chi connectivity index (χ2n) is 7.71. The number of nitrogens with one attached hydrogen (secondary N) is 2. The molecule has 1 aromatic heterocycles. The maximum absolute atomic E-state index is 11.9. The molecule has 9 heteroatoms. The van der Waals surface area contributed by atoms with Gasteiger partial charge in [-0.05, 0) is 37.7 Å². The zero-order valence-corrected chi connectivity index (χ0v) is 17.8. The molecule has 0 aliphatic rings. The lowest BCUT2D eigenvalue weighted by Gasteiger charge is -2.20. The molecule has 0 unspecified atom stereocenters. The third-order valence-corrected chi connectivity index (χ3v) is 5.47. The number of carbonyl (C=O) groups excluding carboxylic acids is 2. The van der Waals surface area contributed by atoms with Gasteiger partial charge in [-0.15, -0.1) is 0 Å². The molecule has 6 nitrogen and oxygen atoms in total. The number of nitriles is 1. The number of rotatable bonds is 6. The van der Waals surface area contributed by atoms with Gasteiger partial charge in [0.2, 0.25) is 11.8 Å². The maximum Gasteiger partial charge on any atom is 0.230 e. The highest BCUT2D eigenvalue weighted by atomic mass is 32.2. The van der Waals surface area contributed by atoms with Crippen molar-refractivity contribution in [3.05, 3.63) is 5.56 Å². The molecule has 1 rings (SSSR count). The van der Waals surface area contributed by atoms with Crippen LogP contribution in [0.3, 0.4) is 0 Å². The molecular weight excluding hydrogens is 376 g/mol. The summed E-state index contributed by atoms with van der Waals surface area (Å²) in [7, 11) is 0. The third kappa shape index (κ3) is 8.61. The summed E-state index contributed by atoms with van der Waals surface area (Å²) < 4.78 is 7.61. The Morgan fingerprint density at radius 2 is 1.84 bits per heavy atom. The third-order valence-electron chi connectivity index (χ3n) is 2.54. The molecule has 25 heavy (non-hydrogen) atoms. The first-order valence-corrected chi connectivity index (χ1v) is 10.3. The Kier molecular flexibility index (Phi) is 7.78. The summed E-state index contributed by atoms with van der Waals surface area (Å²) in [5, 5.41) is 12.8. The van der Waals surface area contributed by atoms with Crippen molar-refractivity contribution in [2.45, 2.75) is 62.7 Å². The number of amides is 2. The van der Waals surface area contributed by atoms with E-state index in [0.717, 1.165) is 23.5 Å². The summed E-state index contributed by atoms with van der Waals surface area (Å²) in [6.45, 7) is 11.7. The quantitative estimate of drug-likeness (QED) is 0.560. The Morgan fingerprint density at radius 3 is 2.36 bits per heavy atom. The highest BCUT2D eigenvalue weighted by Crippen LogP contribution is 2.33. The van der Waals surface area contributed by atoms with Gasteiger partial charge >= 0.3 is 0 Å². The van der Waals surface area contributed by atoms with Gasteiger partial charge in [0.25, 0.3) is 0 Å². The van der Waals surface area contributed by atoms with Crippen molar-refractivity contribution < 1.29 is 9.59 Å². The predicted octanol–water partition coefficient (Wildman–Crippen LogP) is 3.58. The minimum absolute atomic E-state index is 0.0893. The molecule has 0 aromatic carbocycles. The number of carbonyl (C=O) groups is 2. The molecule has 0 aliphatic carbocycles. The van der Waals surface area contributed by atoms with Crippen molar-refractivity contribution in [3.8, 4) is 6.07 Å². The highest BCUT2D eigenvalue weighted by Gasteiger charge is 2.20. The lowest BCUT2D eigenvalue weighted by molar-refractivity contribution is -0.121. The largest absolute Gasteiger partial charge is 0.351 e. The molecule has 1 aromatic rings. The van der Waals surface area contributed by atoms with Crippen LogP contribution in [-0.2, 0) is 9.59 Å². The van der Waals surface area contributed by atoms with Crippen LogP contribution in [0.1, 0.15) is 53.5 Å². The average molecular weight is 401 g/mol. The molecule has 0 saturated carbocycles. The van der Waals surface area contributed by atoms with Gasteiger partial charge in [0, 0.05) is 23.9 Å². The van der Waals surface area contributed by atoms with Gasteiger partial charge in [-0.3, -0.25) is 14.3 Å². The Morgan fingerprint density at radius 1 is 1.20 bits per heavy atom. The molecule has 138 valence electrons. The molecule has 0 atom stereocenters. The summed E-state index contributed by atoms with van der Waals surface area (Å²) in [5.41, 5.74) is 0.00754. The normalized spacial score (nSPS) is 11.7. The standard InChI is InChI=1S/C16H24N4O2S3/c1-15(2,3)7-11(21)19-24-14-10(8-17)13(20-25-14)23-9-12(22)18-16(4,5)6/h7,9H2,1-6H3,(H,18,22)(H,19,21). The number of nitrogens with zero attached hydrogens (tertiary/aromatic N) is 2. The Bertz CT molecular complexity index is 617. The molecule has 2 amide bonds. The monoisotopic (exact) mass is 400 g/mol. The van der Waals surface area contributed by atoms with Gasteiger partial charge in [0.15, 0.2) is 0 Å². The molecular formula is C16H24N4O2S3. The predicted molar refractivity (Wildman–Crippen MR) is 104 cm³/mol. The van der Waals surface area contributed by atoms with Gasteiger partial charge in [0.05, 0.1) is 5.75 Å². The first-order valence-electron chi connectivity index (χ1n) is 7.70. The fourth-order valence-electron chi connectivity index (χ4n) is 1.73. The molecule has 1 heterocycles. The van der Waals surface area contributed by atoms with Crippen LogP contribution >= 0.6 is 35.2 Å². The smallest absolute Gasteiger partial charge is 0.230 e. The zero-order chi connectivity index (χ0) is 19.3. The van der Waals surface area contributed by atoms with Crippen LogP contribution in [0.2, 0.25) is 0 Å². The zero-order valence-electron chi connectivity index (χ0n) is 15.3. The molecule has 0 aliphatic heterocycles. The lowest BCUT2D eigenvalue weighted by Crippen LogP contribution is -2.41. The fourth-order valence-corrected chi connectivity index (χ4v) is 4.22. The van der Waals surface area contributed by atoms with E-state index in [0.29, 0.717) is 21.2 Å². The van der Waals surface area contributed by atoms with E-state index >= 15 is 0 Å². The number of thioether (sulfide) groups is 1. The van der Waals surface area contributed by atoms with Crippen LogP contribution in [0, 0.1) is 16.7 Å². The summed E-state index contributed by atoms with van der Waals surface area (Å²) in [5.74, 6) is -0.00785. The van der Waals surface area contributed by atoms with Crippen molar-refractivity contribution >= 4 is 47.1 Å². The number of aromatic nitrogens is 1. The van der Waals surface area contributed by atoms with E-state index in [1.165, 1.54) is 11.8 Å². The minimum Gasteiger partial charge on any atom is -0.351 e. The lowest BCUT2D eigenvalue weighted by atomic mass is 9.92. The molecule has 0 spiro atoms. The van der Waals surface area contributed by atoms with E-state index in [1.54, 1.807) is 0 Å². The Labute approximate surface area is 161 Å². The van der Waals surface area contributed by atoms with E-state index in [4.69, 9.17) is 0 Å². The van der Waals surface area contributed by atoms with Crippen LogP contribution in [0.4, 0.5) is 0 Å². The molecule has 0 saturated heterocycles. The fraction of sp³-hybridized carbons (Fsp3) is 0.625. The van der Waals surface area contributed by atoms with Crippen molar-refractivity contribution in [3.63, 3.8) is 0 Å². The minimum atomic E-state index is -0.296. The first-order chi connectivity index (χ1) is 11.4. The molecule has 0 fully saturated rings. The number of hydrogen-bond donors (Lipinski definition) is 2. The number of hydrogen-bond acceptors (Lipinski definition) is 7. The van der Waals surface area contributed by atoms with E-state index in [1.807, 2.05) is 41.5 Å². The topological polar surface area (TPSA) is 94.9 Å². The van der Waals surface area contributed by atoms with Crippen molar-refractivity contribution in [2.75, 3.05) is 5.75 Å². The first kappa shape index (κ1) is 21.8. The van der Waals surface area contributed by atoms with Crippen molar-refractivity contribution in [1.82, 2.24) is 14.4 Å². The summed E-state index contributed by atoms with van der Waals surface area (Å²) in [6.07, 6.45) is 0.398. The van der Waals surface area contributed by atoms with Gasteiger partial charge in [0.1, 0.15) is 20.9 Å². The van der Waals surface area contributed by atoms with E-state index in [9.17, 15) is 14.9 Å². The SMILES string of the molecule is CC(C)(C)CC(=O)NSc1snc(SCC(=O)NC(C)(C)C)c1C#N. The Balaban J connectivity index is 2.64. The van der Waals surface area contributed by atoms with Crippen LogP contribution < -0.4 is 10.0 Å². The van der Waals surface area contributed by atoms with Crippen LogP contribution in [0.15, 0.2) is 9.24 Å². The van der Waals surface area contributed by atoms with E-state index < -0.39 is 0 Å². The van der Waals surface area contributed by atoms with Crippen LogP contribution in [0.25, 0.3) is 0 Å². The van der Waals surface area contributed by atoms with E-state index in [2.05, 4.69) is 20.5 Å². The van der Waals surface area contributed by atoms with Gasteiger partial charge in [-0.25, -0.2) is 0 Å². The van der Waals surface area contributed by atoms with Crippen LogP contribution in [0.5, 0.6) is 0 Å². The molecule has 2 N–H and O–H groups in total. The Hall–Kier alpha value is -1.24. The second-order valence-corrected chi connectivity index (χ2v) is 10.5. The van der Waals surface area contributed by atoms with Gasteiger partial charge in [-0.2, -0.15) is 9.64 Å². The summed E-state index contributed by atoms with van der Waals surface area (Å²) in [6, 6.07) is 2.11. The van der Waals surface area contributed by atoms with E-state index in [-0.39, 0.29) is 28.5 Å². The molecule has 0 bridgehead atoms. The summed E-state index contributed by atoms with van der Waals surface area (Å²) in [4.78, 5) is 23.8. The van der Waals surface area contributed by atoms with Crippen molar-refractivity contribution in [1.29, 1.82) is 5.26 Å². The molecule has 0 radical (unpaired) electrons. The highest BCUT2D eigenvalue weighted by molar-refractivity contribution is 8.01. The maximum atomic E-state index is 11.9. The van der Waals surface area contributed by atoms with Crippen LogP contribution in [-0.4, -0.2) is 27.5 Å². The average Bonchev–Trinajstić information content (AvgIpc) is 2.81. The second kappa shape index (κ2) is 8.92. The van der Waals surface area contributed by atoms with Gasteiger partial charge < -0.3 is 5.32 Å². The van der Waals surface area contributed by atoms with Gasteiger partial charge in [-0.1, -0.05) is 32.5 Å².